The third kappa shape index (κ3) is 3.64. The van der Waals surface area contributed by atoms with Crippen molar-refractivity contribution in [1.82, 2.24) is 25.2 Å². The van der Waals surface area contributed by atoms with Crippen LogP contribution in [0.2, 0.25) is 0 Å². The van der Waals surface area contributed by atoms with Crippen LogP contribution in [0.25, 0.3) is 0 Å². The zero-order valence-electron chi connectivity index (χ0n) is 14.0. The topological polar surface area (TPSA) is 81.9 Å². The molecule has 0 saturated carbocycles. The van der Waals surface area contributed by atoms with Crippen molar-refractivity contribution in [2.45, 2.75) is 19.8 Å². The van der Waals surface area contributed by atoms with E-state index in [-0.39, 0.29) is 5.91 Å². The molecule has 0 atom stereocenters. The highest BCUT2D eigenvalue weighted by Gasteiger charge is 2.29. The third-order valence-corrected chi connectivity index (χ3v) is 3.81. The molecule has 2 heterocycles. The summed E-state index contributed by atoms with van der Waals surface area (Å²) >= 11 is 0. The molecule has 0 aromatic carbocycles. The molecular weight excluding hydrogens is 298 g/mol. The Bertz CT molecular complexity index is 610. The first-order chi connectivity index (χ1) is 11.0. The fourth-order valence-corrected chi connectivity index (χ4v) is 2.35. The van der Waals surface area contributed by atoms with E-state index in [4.69, 9.17) is 4.52 Å². The summed E-state index contributed by atoms with van der Waals surface area (Å²) in [5.74, 6) is 1.14. The van der Waals surface area contributed by atoms with E-state index in [1.807, 2.05) is 20.0 Å². The minimum absolute atomic E-state index is 0.142. The lowest BCUT2D eigenvalue weighted by Gasteiger charge is -2.22. The Balaban J connectivity index is 2.04. The number of aryl methyl sites for hydroxylation is 1. The summed E-state index contributed by atoms with van der Waals surface area (Å²) in [5, 5.41) is 6.99. The highest BCUT2D eigenvalue weighted by Crippen LogP contribution is 2.17. The molecule has 0 unspecified atom stereocenters. The van der Waals surface area contributed by atoms with Gasteiger partial charge in [-0.3, -0.25) is 9.59 Å². The summed E-state index contributed by atoms with van der Waals surface area (Å²) in [6, 6.07) is 1.91. The van der Waals surface area contributed by atoms with E-state index in [1.165, 1.54) is 4.90 Å². The molecule has 126 valence electrons. The number of hydrogen-bond acceptors (Lipinski definition) is 6. The molecule has 0 saturated heterocycles. The number of aromatic nitrogens is 1. The Morgan fingerprint density at radius 1 is 1.52 bits per heavy atom. The first-order valence-electron chi connectivity index (χ1n) is 7.55. The number of nitrogens with one attached hydrogen (secondary N) is 1. The second kappa shape index (κ2) is 7.17. The van der Waals surface area contributed by atoms with Crippen LogP contribution in [0.15, 0.2) is 22.1 Å². The van der Waals surface area contributed by atoms with Crippen LogP contribution in [0, 0.1) is 0 Å². The zero-order valence-corrected chi connectivity index (χ0v) is 14.0. The maximum atomic E-state index is 12.7. The molecule has 1 aliphatic heterocycles. The molecule has 8 nitrogen and oxygen atoms in total. The molecule has 23 heavy (non-hydrogen) atoms. The van der Waals surface area contributed by atoms with E-state index in [2.05, 4.69) is 10.5 Å². The van der Waals surface area contributed by atoms with Gasteiger partial charge in [0.2, 0.25) is 6.41 Å². The van der Waals surface area contributed by atoms with Crippen LogP contribution in [0.4, 0.5) is 0 Å². The van der Waals surface area contributed by atoms with Gasteiger partial charge in [0.05, 0.1) is 12.4 Å². The summed E-state index contributed by atoms with van der Waals surface area (Å²) in [6.45, 7) is 3.01. The lowest BCUT2D eigenvalue weighted by Crippen LogP contribution is -2.35. The van der Waals surface area contributed by atoms with Crippen molar-refractivity contribution in [2.75, 3.05) is 34.4 Å². The Labute approximate surface area is 135 Å². The van der Waals surface area contributed by atoms with Crippen LogP contribution in [0.1, 0.15) is 18.4 Å². The van der Waals surface area contributed by atoms with Crippen LogP contribution < -0.4 is 5.32 Å². The van der Waals surface area contributed by atoms with Gasteiger partial charge >= 0.3 is 0 Å². The summed E-state index contributed by atoms with van der Waals surface area (Å²) < 4.78 is 5.23. The first-order valence-corrected chi connectivity index (χ1v) is 7.55. The Morgan fingerprint density at radius 2 is 2.26 bits per heavy atom. The van der Waals surface area contributed by atoms with Gasteiger partial charge in [-0.05, 0) is 6.42 Å². The quantitative estimate of drug-likeness (QED) is 0.711. The molecule has 0 spiro atoms. The lowest BCUT2D eigenvalue weighted by atomic mass is 10.2. The van der Waals surface area contributed by atoms with Crippen molar-refractivity contribution in [3.05, 3.63) is 29.0 Å². The Morgan fingerprint density at radius 3 is 2.87 bits per heavy atom. The molecule has 8 heteroatoms. The highest BCUT2D eigenvalue weighted by atomic mass is 16.5. The first kappa shape index (κ1) is 16.9. The summed E-state index contributed by atoms with van der Waals surface area (Å²) in [7, 11) is 5.16. The van der Waals surface area contributed by atoms with Crippen molar-refractivity contribution >= 4 is 12.3 Å². The van der Waals surface area contributed by atoms with Crippen molar-refractivity contribution in [3.8, 4) is 0 Å². The number of nitrogens with zero attached hydrogens (tertiary/aromatic N) is 4. The number of amides is 2. The van der Waals surface area contributed by atoms with Gasteiger partial charge in [-0.25, -0.2) is 0 Å². The molecular formula is C15H23N5O3. The molecule has 1 aromatic heterocycles. The van der Waals surface area contributed by atoms with Gasteiger partial charge in [-0.15, -0.1) is 0 Å². The number of rotatable bonds is 7. The molecule has 2 amide bonds. The number of likely N-dealkylation sites (N-methyl/N-ethyl adjacent to an activating group) is 2. The van der Waals surface area contributed by atoms with Crippen LogP contribution in [0.3, 0.4) is 0 Å². The summed E-state index contributed by atoms with van der Waals surface area (Å²) in [4.78, 5) is 28.4. The van der Waals surface area contributed by atoms with Gasteiger partial charge in [-0.1, -0.05) is 12.1 Å². The smallest absolute Gasteiger partial charge is 0.273 e. The average Bonchev–Trinajstić information content (AvgIpc) is 3.17. The average molecular weight is 321 g/mol. The standard InChI is InChI=1S/C15H23N5O3/c1-5-11-8-12(23-17-11)6-7-18(2)15(22)13-14(20(4)10-21)16-9-19(13)3/h8,10,16H,5-7,9H2,1-4H3. The van der Waals surface area contributed by atoms with Crippen molar-refractivity contribution in [3.63, 3.8) is 0 Å². The molecule has 1 aromatic rings. The van der Waals surface area contributed by atoms with Crippen molar-refractivity contribution < 1.29 is 14.1 Å². The van der Waals surface area contributed by atoms with Crippen LogP contribution in [-0.4, -0.2) is 66.5 Å². The number of hydrogen-bond donors (Lipinski definition) is 1. The summed E-state index contributed by atoms with van der Waals surface area (Å²) in [6.07, 6.45) is 2.09. The second-order valence-corrected chi connectivity index (χ2v) is 5.56. The monoisotopic (exact) mass is 321 g/mol. The minimum Gasteiger partial charge on any atom is -0.361 e. The van der Waals surface area contributed by atoms with Gasteiger partial charge in [0.15, 0.2) is 0 Å². The van der Waals surface area contributed by atoms with Gasteiger partial charge < -0.3 is 24.5 Å². The van der Waals surface area contributed by atoms with E-state index in [0.717, 1.165) is 17.9 Å². The largest absolute Gasteiger partial charge is 0.361 e. The van der Waals surface area contributed by atoms with Crippen LogP contribution in [0.5, 0.6) is 0 Å². The van der Waals surface area contributed by atoms with Gasteiger partial charge in [0.25, 0.3) is 5.91 Å². The van der Waals surface area contributed by atoms with Gasteiger partial charge in [0, 0.05) is 40.2 Å². The van der Waals surface area contributed by atoms with E-state index in [9.17, 15) is 9.59 Å². The molecule has 2 rings (SSSR count). The molecule has 0 fully saturated rings. The van der Waals surface area contributed by atoms with E-state index >= 15 is 0 Å². The maximum Gasteiger partial charge on any atom is 0.273 e. The van der Waals surface area contributed by atoms with Crippen molar-refractivity contribution in [1.29, 1.82) is 0 Å². The highest BCUT2D eigenvalue weighted by molar-refractivity contribution is 5.94. The maximum absolute atomic E-state index is 12.7. The third-order valence-electron chi connectivity index (χ3n) is 3.81. The Hall–Kier alpha value is -2.51. The van der Waals surface area contributed by atoms with Crippen LogP contribution in [-0.2, 0) is 22.4 Å². The molecule has 0 bridgehead atoms. The number of carbonyl (C=O) groups excluding carboxylic acids is 2. The fraction of sp³-hybridized carbons (Fsp3) is 0.533. The SMILES string of the molecule is CCc1cc(CCN(C)C(=O)C2=C(N(C)C=O)NCN2C)on1. The normalized spacial score (nSPS) is 14.0. The van der Waals surface area contributed by atoms with E-state index in [1.54, 1.807) is 23.9 Å². The minimum atomic E-state index is -0.142. The van der Waals surface area contributed by atoms with E-state index < -0.39 is 0 Å². The summed E-state index contributed by atoms with van der Waals surface area (Å²) in [5.41, 5.74) is 1.39. The fourth-order valence-electron chi connectivity index (χ4n) is 2.35. The Kier molecular flexibility index (Phi) is 5.25. The predicted molar refractivity (Wildman–Crippen MR) is 83.8 cm³/mol. The van der Waals surface area contributed by atoms with E-state index in [0.29, 0.717) is 37.6 Å². The molecule has 1 N–H and O–H groups in total. The number of carbonyl (C=O) groups is 2. The zero-order chi connectivity index (χ0) is 17.0. The predicted octanol–water partition coefficient (Wildman–Crippen LogP) is -0.0123. The molecule has 0 radical (unpaired) electrons. The lowest BCUT2D eigenvalue weighted by molar-refractivity contribution is -0.127. The van der Waals surface area contributed by atoms with Crippen LogP contribution >= 0.6 is 0 Å². The van der Waals surface area contributed by atoms with Gasteiger partial charge in [-0.2, -0.15) is 0 Å². The second-order valence-electron chi connectivity index (χ2n) is 5.56. The molecule has 0 aliphatic carbocycles. The molecule has 1 aliphatic rings. The van der Waals surface area contributed by atoms with Crippen molar-refractivity contribution in [2.24, 2.45) is 0 Å². The van der Waals surface area contributed by atoms with Gasteiger partial charge in [0.1, 0.15) is 17.3 Å².